The molecule has 3 heterocycles. The van der Waals surface area contributed by atoms with Gasteiger partial charge < -0.3 is 9.64 Å². The first-order valence-corrected chi connectivity index (χ1v) is 11.4. The third kappa shape index (κ3) is 4.43. The van der Waals surface area contributed by atoms with E-state index in [1.807, 2.05) is 0 Å². The highest BCUT2D eigenvalue weighted by Crippen LogP contribution is 2.34. The lowest BCUT2D eigenvalue weighted by molar-refractivity contribution is -0.139. The van der Waals surface area contributed by atoms with Crippen LogP contribution in [-0.4, -0.2) is 74.7 Å². The van der Waals surface area contributed by atoms with Crippen molar-refractivity contribution in [2.45, 2.75) is 25.5 Å². The van der Waals surface area contributed by atoms with Gasteiger partial charge in [-0.2, -0.15) is 4.68 Å². The van der Waals surface area contributed by atoms with E-state index in [0.29, 0.717) is 38.3 Å². The topological polar surface area (TPSA) is 80.7 Å². The van der Waals surface area contributed by atoms with E-state index in [2.05, 4.69) is 25.3 Å². The number of amides is 1. The van der Waals surface area contributed by atoms with Gasteiger partial charge in [0, 0.05) is 37.8 Å². The number of nitrogens with zero attached hydrogens (tertiary/aromatic N) is 7. The van der Waals surface area contributed by atoms with E-state index in [1.54, 1.807) is 17.9 Å². The van der Waals surface area contributed by atoms with Crippen LogP contribution in [0.3, 0.4) is 0 Å². The zero-order chi connectivity index (χ0) is 25.4. The zero-order valence-corrected chi connectivity index (χ0v) is 19.4. The molecule has 2 aromatic carbocycles. The fourth-order valence-electron chi connectivity index (χ4n) is 4.80. The number of benzene rings is 2. The van der Waals surface area contributed by atoms with Crippen LogP contribution in [0.25, 0.3) is 10.5 Å². The lowest BCUT2D eigenvalue weighted by atomic mass is 9.98. The minimum atomic E-state index is -0.736. The molecule has 0 radical (unpaired) electrons. The second kappa shape index (κ2) is 9.67. The maximum Gasteiger partial charge on any atom is 0.227 e. The highest BCUT2D eigenvalue weighted by atomic mass is 19.1. The Morgan fingerprint density at radius 3 is 2.75 bits per heavy atom. The van der Waals surface area contributed by atoms with E-state index in [1.165, 1.54) is 6.07 Å². The van der Waals surface area contributed by atoms with Gasteiger partial charge in [-0.3, -0.25) is 9.69 Å². The molecule has 5 rings (SSSR count). The Labute approximate surface area is 204 Å². The molecule has 2 aliphatic heterocycles. The van der Waals surface area contributed by atoms with Crippen molar-refractivity contribution >= 4 is 11.6 Å². The molecule has 2 fully saturated rings. The number of rotatable bonds is 4. The summed E-state index contributed by atoms with van der Waals surface area (Å²) in [6.45, 7) is 11.3. The van der Waals surface area contributed by atoms with Gasteiger partial charge in [0.15, 0.2) is 0 Å². The summed E-state index contributed by atoms with van der Waals surface area (Å²) in [5.74, 6) is -2.30. The van der Waals surface area contributed by atoms with Crippen molar-refractivity contribution in [2.24, 2.45) is 0 Å². The molecule has 1 aromatic heterocycles. The van der Waals surface area contributed by atoms with Crippen molar-refractivity contribution in [1.29, 1.82) is 0 Å². The molecule has 36 heavy (non-hydrogen) atoms. The number of hydrogen-bond donors (Lipinski definition) is 0. The SMILES string of the molecule is [C-]#[N+]c1c(F)ccc([C@@H]2CN3CCN(C(=O)Cc4cc(F)c(-n5cnnn5)cc4F)C[C@H]3CO2)c1C. The third-order valence-electron chi connectivity index (χ3n) is 6.78. The number of carbonyl (C=O) groups is 1. The Kier molecular flexibility index (Phi) is 6.42. The number of aromatic nitrogens is 4. The Hall–Kier alpha value is -3.82. The maximum absolute atomic E-state index is 14.6. The molecule has 0 bridgehead atoms. The minimum Gasteiger partial charge on any atom is -0.371 e. The van der Waals surface area contributed by atoms with Crippen molar-refractivity contribution in [2.75, 3.05) is 32.8 Å². The fourth-order valence-corrected chi connectivity index (χ4v) is 4.80. The Morgan fingerprint density at radius 2 is 2.00 bits per heavy atom. The molecular weight excluding hydrogens is 475 g/mol. The second-order valence-corrected chi connectivity index (χ2v) is 8.86. The largest absolute Gasteiger partial charge is 0.371 e. The van der Waals surface area contributed by atoms with Crippen LogP contribution in [0.2, 0.25) is 0 Å². The summed E-state index contributed by atoms with van der Waals surface area (Å²) in [5.41, 5.74) is 1.17. The highest BCUT2D eigenvalue weighted by Gasteiger charge is 2.36. The van der Waals surface area contributed by atoms with Crippen LogP contribution in [0.5, 0.6) is 0 Å². The molecule has 0 N–H and O–H groups in total. The molecular formula is C24H22F3N7O2. The molecule has 3 aromatic rings. The molecule has 2 atom stereocenters. The number of fused-ring (bicyclic) bond motifs is 1. The first-order valence-electron chi connectivity index (χ1n) is 11.4. The van der Waals surface area contributed by atoms with Crippen molar-refractivity contribution in [3.8, 4) is 5.69 Å². The molecule has 0 spiro atoms. The van der Waals surface area contributed by atoms with Crippen molar-refractivity contribution in [3.63, 3.8) is 0 Å². The van der Waals surface area contributed by atoms with Crippen LogP contribution >= 0.6 is 0 Å². The average molecular weight is 497 g/mol. The number of halogens is 3. The number of piperazine rings is 1. The van der Waals surface area contributed by atoms with Gasteiger partial charge in [0.1, 0.15) is 29.5 Å². The van der Waals surface area contributed by atoms with Gasteiger partial charge in [-0.25, -0.2) is 18.0 Å². The number of tetrazole rings is 1. The quantitative estimate of drug-likeness (QED) is 0.516. The second-order valence-electron chi connectivity index (χ2n) is 8.86. The summed E-state index contributed by atoms with van der Waals surface area (Å²) in [6, 6.07) is 4.86. The molecule has 0 aliphatic carbocycles. The highest BCUT2D eigenvalue weighted by molar-refractivity contribution is 5.79. The van der Waals surface area contributed by atoms with Gasteiger partial charge in [-0.05, 0) is 40.6 Å². The Balaban J connectivity index is 1.23. The first kappa shape index (κ1) is 23.9. The van der Waals surface area contributed by atoms with Crippen LogP contribution < -0.4 is 0 Å². The molecule has 2 aliphatic rings. The molecule has 9 nitrogen and oxygen atoms in total. The number of carbonyl (C=O) groups excluding carboxylic acids is 1. The van der Waals surface area contributed by atoms with E-state index in [9.17, 15) is 18.0 Å². The standard InChI is InChI=1S/C24H22F3N7O2/c1-14-17(3-4-18(25)24(14)28-2)22-11-32-5-6-33(10-16(32)12-36-22)23(35)8-15-7-20(27)21(9-19(15)26)34-13-29-30-31-34/h3-4,7,9,13,16,22H,5-6,8,10-12H2,1H3/t16-,22-/m0/s1. The van der Waals surface area contributed by atoms with Crippen molar-refractivity contribution < 1.29 is 22.7 Å². The van der Waals surface area contributed by atoms with E-state index < -0.39 is 17.5 Å². The fraction of sp³-hybridized carbons (Fsp3) is 0.375. The molecule has 1 amide bonds. The summed E-state index contributed by atoms with van der Waals surface area (Å²) >= 11 is 0. The van der Waals surface area contributed by atoms with Gasteiger partial charge in [0.2, 0.25) is 11.6 Å². The molecule has 186 valence electrons. The van der Waals surface area contributed by atoms with E-state index in [-0.39, 0.29) is 41.4 Å². The molecule has 2 saturated heterocycles. The Bertz CT molecular complexity index is 1340. The van der Waals surface area contributed by atoms with E-state index >= 15 is 0 Å². The lowest BCUT2D eigenvalue weighted by Crippen LogP contribution is -2.59. The van der Waals surface area contributed by atoms with Crippen molar-refractivity contribution in [3.05, 3.63) is 76.2 Å². The van der Waals surface area contributed by atoms with Gasteiger partial charge in [-0.15, -0.1) is 5.10 Å². The molecule has 0 unspecified atom stereocenters. The lowest BCUT2D eigenvalue weighted by Gasteiger charge is -2.46. The first-order chi connectivity index (χ1) is 17.4. The van der Waals surface area contributed by atoms with Gasteiger partial charge in [0.25, 0.3) is 0 Å². The zero-order valence-electron chi connectivity index (χ0n) is 19.4. The Morgan fingerprint density at radius 1 is 1.17 bits per heavy atom. The number of morpholine rings is 1. The average Bonchev–Trinajstić information content (AvgIpc) is 3.40. The van der Waals surface area contributed by atoms with E-state index in [4.69, 9.17) is 11.3 Å². The predicted octanol–water partition coefficient (Wildman–Crippen LogP) is 2.77. The summed E-state index contributed by atoms with van der Waals surface area (Å²) in [5, 5.41) is 10.4. The van der Waals surface area contributed by atoms with Gasteiger partial charge >= 0.3 is 0 Å². The number of ether oxygens (including phenoxy) is 1. The van der Waals surface area contributed by atoms with Crippen LogP contribution in [0.4, 0.5) is 18.9 Å². The summed E-state index contributed by atoms with van der Waals surface area (Å²) in [7, 11) is 0. The molecule has 0 saturated carbocycles. The maximum atomic E-state index is 14.6. The van der Waals surface area contributed by atoms with Crippen LogP contribution in [-0.2, 0) is 16.0 Å². The third-order valence-corrected chi connectivity index (χ3v) is 6.78. The van der Waals surface area contributed by atoms with Crippen LogP contribution in [0.1, 0.15) is 22.8 Å². The van der Waals surface area contributed by atoms with Gasteiger partial charge in [-0.1, -0.05) is 6.07 Å². The van der Waals surface area contributed by atoms with Crippen LogP contribution in [0, 0.1) is 30.9 Å². The minimum absolute atomic E-state index is 0.00305. The summed E-state index contributed by atoms with van der Waals surface area (Å²) < 4.78 is 50.1. The normalized spacial score (nSPS) is 20.1. The number of hydrogen-bond acceptors (Lipinski definition) is 6. The predicted molar refractivity (Wildman–Crippen MR) is 121 cm³/mol. The van der Waals surface area contributed by atoms with Crippen LogP contribution in [0.15, 0.2) is 30.6 Å². The monoisotopic (exact) mass is 497 g/mol. The van der Waals surface area contributed by atoms with Crippen molar-refractivity contribution in [1.82, 2.24) is 30.0 Å². The summed E-state index contributed by atoms with van der Waals surface area (Å²) in [6.07, 6.45) is 0.573. The van der Waals surface area contributed by atoms with E-state index in [0.717, 1.165) is 28.7 Å². The molecule has 12 heteroatoms. The smallest absolute Gasteiger partial charge is 0.227 e. The summed E-state index contributed by atoms with van der Waals surface area (Å²) in [4.78, 5) is 20.1. The van der Waals surface area contributed by atoms with Gasteiger partial charge in [0.05, 0.1) is 31.7 Å².